The maximum Gasteiger partial charge on any atom is 0.252 e. The van der Waals surface area contributed by atoms with E-state index in [9.17, 15) is 9.59 Å². The first-order valence-electron chi connectivity index (χ1n) is 8.69. The minimum absolute atomic E-state index is 0.0155. The first-order chi connectivity index (χ1) is 12.1. The van der Waals surface area contributed by atoms with Crippen LogP contribution >= 0.6 is 11.8 Å². The number of hydrogen-bond donors (Lipinski definition) is 2. The molecule has 1 atom stereocenters. The third kappa shape index (κ3) is 4.72. The number of amides is 2. The average Bonchev–Trinajstić information content (AvgIpc) is 3.43. The fourth-order valence-corrected chi connectivity index (χ4v) is 3.19. The molecule has 0 spiro atoms. The predicted molar refractivity (Wildman–Crippen MR) is 101 cm³/mol. The van der Waals surface area contributed by atoms with E-state index < -0.39 is 0 Å². The molecule has 25 heavy (non-hydrogen) atoms. The van der Waals surface area contributed by atoms with Crippen molar-refractivity contribution in [2.75, 3.05) is 5.75 Å². The molecule has 3 rings (SSSR count). The molecule has 1 aliphatic rings. The highest BCUT2D eigenvalue weighted by Gasteiger charge is 2.25. The molecule has 1 saturated carbocycles. The molecule has 1 aromatic carbocycles. The van der Waals surface area contributed by atoms with Gasteiger partial charge >= 0.3 is 0 Å². The Balaban J connectivity index is 1.78. The first kappa shape index (κ1) is 17.7. The second-order valence-electron chi connectivity index (χ2n) is 6.44. The second-order valence-corrected chi connectivity index (χ2v) is 7.43. The van der Waals surface area contributed by atoms with Crippen LogP contribution in [0.1, 0.15) is 43.5 Å². The van der Waals surface area contributed by atoms with Gasteiger partial charge in [-0.25, -0.2) is 4.98 Å². The van der Waals surface area contributed by atoms with Crippen LogP contribution in [0.5, 0.6) is 0 Å². The monoisotopic (exact) mass is 357 g/mol. The number of thioether (sulfide) groups is 1. The van der Waals surface area contributed by atoms with Crippen LogP contribution in [-0.2, 0) is 4.79 Å². The maximum atomic E-state index is 12.6. The molecule has 132 valence electrons. The summed E-state index contributed by atoms with van der Waals surface area (Å²) in [5.74, 6) is 0.213. The third-order valence-corrected chi connectivity index (χ3v) is 5.13. The lowest BCUT2D eigenvalue weighted by Crippen LogP contribution is -2.33. The summed E-state index contributed by atoms with van der Waals surface area (Å²) in [4.78, 5) is 29.1. The Kier molecular flexibility index (Phi) is 5.58. The van der Waals surface area contributed by atoms with E-state index in [4.69, 9.17) is 0 Å². The Labute approximate surface area is 152 Å². The number of nitrogens with one attached hydrogen (secondary N) is 2. The fourth-order valence-electron chi connectivity index (χ4n) is 2.46. The van der Waals surface area contributed by atoms with E-state index in [1.807, 2.05) is 38.1 Å². The van der Waals surface area contributed by atoms with E-state index in [-0.39, 0.29) is 17.9 Å². The van der Waals surface area contributed by atoms with Crippen LogP contribution in [0.25, 0.3) is 10.9 Å². The normalized spacial score (nSPS) is 15.0. The molecule has 2 N–H and O–H groups in total. The lowest BCUT2D eigenvalue weighted by Gasteiger charge is -2.12. The molecule has 5 nitrogen and oxygen atoms in total. The van der Waals surface area contributed by atoms with Crippen LogP contribution in [0.2, 0.25) is 0 Å². The van der Waals surface area contributed by atoms with Crippen LogP contribution in [-0.4, -0.2) is 34.6 Å². The standard InChI is InChI=1S/C19H23N3O2S/c1-3-12(2)20-17(23)11-25-18-10-15(19(24)21-13-8-9-13)14-6-4-5-7-16(14)22-18/h4-7,10,12-13H,3,8-9,11H2,1-2H3,(H,20,23)(H,21,24). The summed E-state index contributed by atoms with van der Waals surface area (Å²) in [5, 5.41) is 7.51. The summed E-state index contributed by atoms with van der Waals surface area (Å²) < 4.78 is 0. The topological polar surface area (TPSA) is 71.1 Å². The molecule has 2 amide bonds. The van der Waals surface area contributed by atoms with Gasteiger partial charge in [-0.3, -0.25) is 9.59 Å². The Morgan fingerprint density at radius 2 is 2.08 bits per heavy atom. The van der Waals surface area contributed by atoms with E-state index in [0.29, 0.717) is 22.4 Å². The van der Waals surface area contributed by atoms with E-state index in [0.717, 1.165) is 30.2 Å². The molecule has 2 aromatic rings. The van der Waals surface area contributed by atoms with Gasteiger partial charge in [0, 0.05) is 17.5 Å². The first-order valence-corrected chi connectivity index (χ1v) is 9.68. The summed E-state index contributed by atoms with van der Waals surface area (Å²) in [6.07, 6.45) is 2.99. The molecule has 1 fully saturated rings. The van der Waals surface area contributed by atoms with Gasteiger partial charge in [-0.1, -0.05) is 36.9 Å². The third-order valence-electron chi connectivity index (χ3n) is 4.22. The largest absolute Gasteiger partial charge is 0.353 e. The van der Waals surface area contributed by atoms with Crippen LogP contribution < -0.4 is 10.6 Å². The minimum Gasteiger partial charge on any atom is -0.353 e. The zero-order valence-electron chi connectivity index (χ0n) is 14.5. The van der Waals surface area contributed by atoms with Crippen LogP contribution in [0, 0.1) is 0 Å². The number of fused-ring (bicyclic) bond motifs is 1. The molecule has 6 heteroatoms. The van der Waals surface area contributed by atoms with Crippen molar-refractivity contribution in [2.45, 2.75) is 50.2 Å². The molecule has 1 aromatic heterocycles. The van der Waals surface area contributed by atoms with E-state index >= 15 is 0 Å². The molecule has 1 unspecified atom stereocenters. The highest BCUT2D eigenvalue weighted by Crippen LogP contribution is 2.26. The molecular formula is C19H23N3O2S. The molecule has 1 heterocycles. The lowest BCUT2D eigenvalue weighted by atomic mass is 10.1. The van der Waals surface area contributed by atoms with Crippen molar-refractivity contribution in [2.24, 2.45) is 0 Å². The van der Waals surface area contributed by atoms with Crippen molar-refractivity contribution in [3.63, 3.8) is 0 Å². The van der Waals surface area contributed by atoms with Crippen LogP contribution in [0.4, 0.5) is 0 Å². The van der Waals surface area contributed by atoms with Crippen LogP contribution in [0.3, 0.4) is 0 Å². The average molecular weight is 357 g/mol. The van der Waals surface area contributed by atoms with Crippen molar-refractivity contribution in [3.05, 3.63) is 35.9 Å². The Bertz CT molecular complexity index is 789. The summed E-state index contributed by atoms with van der Waals surface area (Å²) in [5.41, 5.74) is 1.40. The van der Waals surface area contributed by atoms with E-state index in [1.165, 1.54) is 11.8 Å². The molecule has 0 saturated heterocycles. The summed E-state index contributed by atoms with van der Waals surface area (Å²) in [6, 6.07) is 9.88. The highest BCUT2D eigenvalue weighted by molar-refractivity contribution is 7.99. The Hall–Kier alpha value is -2.08. The van der Waals surface area contributed by atoms with Gasteiger partial charge in [0.1, 0.15) is 0 Å². The summed E-state index contributed by atoms with van der Waals surface area (Å²) in [7, 11) is 0. The minimum atomic E-state index is -0.0630. The lowest BCUT2D eigenvalue weighted by molar-refractivity contribution is -0.119. The number of carbonyl (C=O) groups is 2. The zero-order chi connectivity index (χ0) is 17.8. The molecule has 0 aliphatic heterocycles. The SMILES string of the molecule is CCC(C)NC(=O)CSc1cc(C(=O)NC2CC2)c2ccccc2n1. The molecule has 0 radical (unpaired) electrons. The van der Waals surface area contributed by atoms with Gasteiger partial charge in [-0.2, -0.15) is 0 Å². The van der Waals surface area contributed by atoms with Crippen molar-refractivity contribution < 1.29 is 9.59 Å². The number of carbonyl (C=O) groups excluding carboxylic acids is 2. The van der Waals surface area contributed by atoms with Gasteiger partial charge in [-0.05, 0) is 38.3 Å². The number of aromatic nitrogens is 1. The van der Waals surface area contributed by atoms with E-state index in [1.54, 1.807) is 6.07 Å². The van der Waals surface area contributed by atoms with Gasteiger partial charge in [0.05, 0.1) is 21.9 Å². The number of para-hydroxylation sites is 1. The Morgan fingerprint density at radius 1 is 1.32 bits per heavy atom. The zero-order valence-corrected chi connectivity index (χ0v) is 15.4. The van der Waals surface area contributed by atoms with Crippen molar-refractivity contribution in [1.29, 1.82) is 0 Å². The highest BCUT2D eigenvalue weighted by atomic mass is 32.2. The number of benzene rings is 1. The number of rotatable bonds is 7. The van der Waals surface area contributed by atoms with Gasteiger partial charge in [0.2, 0.25) is 5.91 Å². The quantitative estimate of drug-likeness (QED) is 0.747. The second kappa shape index (κ2) is 7.87. The van der Waals surface area contributed by atoms with Gasteiger partial charge in [0.25, 0.3) is 5.91 Å². The van der Waals surface area contributed by atoms with Crippen molar-refractivity contribution in [3.8, 4) is 0 Å². The maximum absolute atomic E-state index is 12.6. The molecule has 0 bridgehead atoms. The number of nitrogens with zero attached hydrogens (tertiary/aromatic N) is 1. The van der Waals surface area contributed by atoms with Gasteiger partial charge < -0.3 is 10.6 Å². The van der Waals surface area contributed by atoms with Gasteiger partial charge in [0.15, 0.2) is 0 Å². The summed E-state index contributed by atoms with van der Waals surface area (Å²) >= 11 is 1.36. The fraction of sp³-hybridized carbons (Fsp3) is 0.421. The number of hydrogen-bond acceptors (Lipinski definition) is 4. The number of pyridine rings is 1. The van der Waals surface area contributed by atoms with Crippen molar-refractivity contribution >= 4 is 34.5 Å². The van der Waals surface area contributed by atoms with Gasteiger partial charge in [-0.15, -0.1) is 0 Å². The smallest absolute Gasteiger partial charge is 0.252 e. The molecular weight excluding hydrogens is 334 g/mol. The van der Waals surface area contributed by atoms with Crippen molar-refractivity contribution in [1.82, 2.24) is 15.6 Å². The summed E-state index contributed by atoms with van der Waals surface area (Å²) in [6.45, 7) is 4.02. The Morgan fingerprint density at radius 3 is 2.80 bits per heavy atom. The predicted octanol–water partition coefficient (Wildman–Crippen LogP) is 3.13. The van der Waals surface area contributed by atoms with Crippen LogP contribution in [0.15, 0.2) is 35.4 Å². The van der Waals surface area contributed by atoms with E-state index in [2.05, 4.69) is 15.6 Å². The molecule has 1 aliphatic carbocycles.